The van der Waals surface area contributed by atoms with E-state index in [2.05, 4.69) is 5.10 Å². The number of carboxylic acid groups (broad SMARTS) is 1. The molecule has 2 fully saturated rings. The molecule has 2 aliphatic rings. The van der Waals surface area contributed by atoms with Crippen LogP contribution in [0.25, 0.3) is 5.69 Å². The van der Waals surface area contributed by atoms with Gasteiger partial charge in [0.05, 0.1) is 24.4 Å². The molecule has 0 unspecified atom stereocenters. The van der Waals surface area contributed by atoms with Gasteiger partial charge in [-0.15, -0.1) is 0 Å². The third-order valence-electron chi connectivity index (χ3n) is 6.38. The fraction of sp³-hybridized carbons (Fsp3) is 0.522. The lowest BCUT2D eigenvalue weighted by Crippen LogP contribution is -2.52. The van der Waals surface area contributed by atoms with E-state index in [-0.39, 0.29) is 31.4 Å². The van der Waals surface area contributed by atoms with Crippen molar-refractivity contribution in [2.24, 2.45) is 0 Å². The fourth-order valence-electron chi connectivity index (χ4n) is 4.49. The summed E-state index contributed by atoms with van der Waals surface area (Å²) in [6.45, 7) is 1.36. The molecule has 35 heavy (non-hydrogen) atoms. The molecule has 1 saturated carbocycles. The Kier molecular flexibility index (Phi) is 7.43. The molecule has 1 aliphatic carbocycles. The highest BCUT2D eigenvalue weighted by Gasteiger charge is 2.31. The minimum absolute atomic E-state index is 0.0638. The highest BCUT2D eigenvalue weighted by atomic mass is 32.2. The van der Waals surface area contributed by atoms with E-state index >= 15 is 0 Å². The summed E-state index contributed by atoms with van der Waals surface area (Å²) in [7, 11) is -0.504. The zero-order valence-electron chi connectivity index (χ0n) is 20.0. The van der Waals surface area contributed by atoms with Crippen molar-refractivity contribution in [3.05, 3.63) is 46.4 Å². The Bertz CT molecular complexity index is 1230. The minimum atomic E-state index is -3.51. The van der Waals surface area contributed by atoms with Gasteiger partial charge < -0.3 is 14.7 Å². The molecular formula is C23H31N5O6S. The predicted octanol–water partition coefficient (Wildman–Crippen LogP) is 1.11. The van der Waals surface area contributed by atoms with Crippen molar-refractivity contribution in [2.45, 2.75) is 38.2 Å². The second-order valence-corrected chi connectivity index (χ2v) is 11.2. The standard InChI is InChI=1S/C23H31N5O6S/c1-25(2)35(32,33)27-12-10-26(11-13-27)20-16-24-28(18-7-5-6-17(14-18)15-21(29)30)23(31)22(20)34-19-8-3-4-9-19/h5-7,14,16,19H,3-4,8-13,15H2,1-2H3,(H,29,30). The van der Waals surface area contributed by atoms with Crippen LogP contribution in [0.2, 0.25) is 0 Å². The number of anilines is 1. The molecular weight excluding hydrogens is 474 g/mol. The predicted molar refractivity (Wildman–Crippen MR) is 130 cm³/mol. The number of carbonyl (C=O) groups is 1. The summed E-state index contributed by atoms with van der Waals surface area (Å²) < 4.78 is 35.0. The van der Waals surface area contributed by atoms with E-state index in [0.717, 1.165) is 25.7 Å². The molecule has 0 radical (unpaired) electrons. The largest absolute Gasteiger partial charge is 0.483 e. The number of piperazine rings is 1. The number of hydrogen-bond donors (Lipinski definition) is 1. The third kappa shape index (κ3) is 5.49. The van der Waals surface area contributed by atoms with Crippen LogP contribution in [0.1, 0.15) is 31.2 Å². The molecule has 12 heteroatoms. The van der Waals surface area contributed by atoms with E-state index in [1.54, 1.807) is 30.5 Å². The Morgan fingerprint density at radius 2 is 1.86 bits per heavy atom. The number of rotatable bonds is 8. The number of ether oxygens (including phenoxy) is 1. The van der Waals surface area contributed by atoms with E-state index in [1.807, 2.05) is 4.90 Å². The summed E-state index contributed by atoms with van der Waals surface area (Å²) in [6, 6.07) is 6.71. The summed E-state index contributed by atoms with van der Waals surface area (Å²) >= 11 is 0. The van der Waals surface area contributed by atoms with Crippen molar-refractivity contribution in [1.29, 1.82) is 0 Å². The van der Waals surface area contributed by atoms with Crippen LogP contribution in [0.4, 0.5) is 5.69 Å². The number of aliphatic carboxylic acids is 1. The SMILES string of the molecule is CN(C)S(=O)(=O)N1CCN(c2cnn(-c3cccc(CC(=O)O)c3)c(=O)c2OC2CCCC2)CC1. The molecule has 0 amide bonds. The van der Waals surface area contributed by atoms with Crippen molar-refractivity contribution in [2.75, 3.05) is 45.2 Å². The first-order chi connectivity index (χ1) is 16.7. The van der Waals surface area contributed by atoms with Gasteiger partial charge in [0.15, 0.2) is 0 Å². The lowest BCUT2D eigenvalue weighted by Gasteiger charge is -2.36. The molecule has 1 aromatic carbocycles. The topological polar surface area (TPSA) is 125 Å². The molecule has 0 bridgehead atoms. The van der Waals surface area contributed by atoms with Crippen molar-refractivity contribution >= 4 is 21.9 Å². The van der Waals surface area contributed by atoms with Crippen LogP contribution < -0.4 is 15.2 Å². The zero-order chi connectivity index (χ0) is 25.2. The lowest BCUT2D eigenvalue weighted by atomic mass is 10.1. The molecule has 1 N–H and O–H groups in total. The van der Waals surface area contributed by atoms with Gasteiger partial charge in [0.1, 0.15) is 5.69 Å². The van der Waals surface area contributed by atoms with E-state index in [9.17, 15) is 18.0 Å². The molecule has 4 rings (SSSR count). The molecule has 1 aromatic heterocycles. The van der Waals surface area contributed by atoms with Crippen LogP contribution in [0, 0.1) is 0 Å². The van der Waals surface area contributed by atoms with Crippen LogP contribution >= 0.6 is 0 Å². The van der Waals surface area contributed by atoms with Crippen LogP contribution in [0.15, 0.2) is 35.3 Å². The Hall–Kier alpha value is -2.96. The molecule has 2 aromatic rings. The number of aromatic nitrogens is 2. The van der Waals surface area contributed by atoms with E-state index < -0.39 is 21.7 Å². The van der Waals surface area contributed by atoms with Crippen molar-refractivity contribution in [3.63, 3.8) is 0 Å². The first-order valence-electron chi connectivity index (χ1n) is 11.7. The number of nitrogens with zero attached hydrogens (tertiary/aromatic N) is 5. The van der Waals surface area contributed by atoms with Gasteiger partial charge in [0.25, 0.3) is 10.2 Å². The fourth-order valence-corrected chi connectivity index (χ4v) is 5.57. The summed E-state index contributed by atoms with van der Waals surface area (Å²) in [5, 5.41) is 13.5. The summed E-state index contributed by atoms with van der Waals surface area (Å²) in [6.07, 6.45) is 5.16. The Morgan fingerprint density at radius 3 is 2.49 bits per heavy atom. The smallest absolute Gasteiger partial charge is 0.316 e. The second-order valence-electron chi connectivity index (χ2n) is 9.02. The Morgan fingerprint density at radius 1 is 1.17 bits per heavy atom. The molecule has 11 nitrogen and oxygen atoms in total. The lowest BCUT2D eigenvalue weighted by molar-refractivity contribution is -0.136. The normalized spacial score (nSPS) is 17.7. The van der Waals surface area contributed by atoms with E-state index in [1.165, 1.54) is 27.4 Å². The zero-order valence-corrected chi connectivity index (χ0v) is 20.8. The number of benzene rings is 1. The van der Waals surface area contributed by atoms with Crippen LogP contribution in [-0.2, 0) is 21.4 Å². The Labute approximate surface area is 204 Å². The van der Waals surface area contributed by atoms with Crippen LogP contribution in [0.3, 0.4) is 0 Å². The molecule has 0 atom stereocenters. The quantitative estimate of drug-likeness (QED) is 0.566. The van der Waals surface area contributed by atoms with Crippen molar-refractivity contribution in [3.8, 4) is 11.4 Å². The molecule has 2 heterocycles. The van der Waals surface area contributed by atoms with Crippen molar-refractivity contribution in [1.82, 2.24) is 18.4 Å². The van der Waals surface area contributed by atoms with Gasteiger partial charge in [-0.2, -0.15) is 26.8 Å². The minimum Gasteiger partial charge on any atom is -0.483 e. The third-order valence-corrected chi connectivity index (χ3v) is 8.32. The molecule has 190 valence electrons. The average molecular weight is 506 g/mol. The van der Waals surface area contributed by atoms with E-state index in [4.69, 9.17) is 9.84 Å². The average Bonchev–Trinajstić information content (AvgIpc) is 3.33. The van der Waals surface area contributed by atoms with Gasteiger partial charge in [-0.25, -0.2) is 0 Å². The van der Waals surface area contributed by atoms with Gasteiger partial charge in [-0.1, -0.05) is 12.1 Å². The van der Waals surface area contributed by atoms with Gasteiger partial charge >= 0.3 is 11.5 Å². The van der Waals surface area contributed by atoms with Gasteiger partial charge in [-0.3, -0.25) is 9.59 Å². The van der Waals surface area contributed by atoms with E-state index in [0.29, 0.717) is 30.0 Å². The van der Waals surface area contributed by atoms with Crippen LogP contribution in [0.5, 0.6) is 5.75 Å². The molecule has 1 aliphatic heterocycles. The van der Waals surface area contributed by atoms with Crippen LogP contribution in [-0.4, -0.2) is 84.3 Å². The van der Waals surface area contributed by atoms with Gasteiger partial charge in [0, 0.05) is 40.3 Å². The maximum atomic E-state index is 13.6. The molecule has 0 spiro atoms. The summed E-state index contributed by atoms with van der Waals surface area (Å²) in [4.78, 5) is 26.6. The highest BCUT2D eigenvalue weighted by Crippen LogP contribution is 2.30. The second kappa shape index (κ2) is 10.3. The highest BCUT2D eigenvalue weighted by molar-refractivity contribution is 7.86. The monoisotopic (exact) mass is 505 g/mol. The Balaban J connectivity index is 1.66. The first kappa shape index (κ1) is 25.1. The van der Waals surface area contributed by atoms with Gasteiger partial charge in [-0.05, 0) is 43.4 Å². The maximum Gasteiger partial charge on any atom is 0.316 e. The maximum absolute atomic E-state index is 13.6. The first-order valence-corrected chi connectivity index (χ1v) is 13.1. The molecule has 1 saturated heterocycles. The van der Waals surface area contributed by atoms with Gasteiger partial charge in [0.2, 0.25) is 5.75 Å². The number of hydrogen-bond acceptors (Lipinski definition) is 7. The number of carboxylic acids is 1. The van der Waals surface area contributed by atoms with Crippen molar-refractivity contribution < 1.29 is 23.1 Å². The summed E-state index contributed by atoms with van der Waals surface area (Å²) in [5.74, 6) is -0.766. The summed E-state index contributed by atoms with van der Waals surface area (Å²) in [5.41, 5.74) is 1.13.